The van der Waals surface area contributed by atoms with Crippen LogP contribution in [0, 0.1) is 5.92 Å². The average molecular weight is 346 g/mol. The Balaban J connectivity index is 2.45. The Bertz CT molecular complexity index is 804. The van der Waals surface area contributed by atoms with Gasteiger partial charge in [-0.1, -0.05) is 68.8 Å². The molecule has 0 aliphatic rings. The van der Waals surface area contributed by atoms with Gasteiger partial charge in [0.05, 0.1) is 4.90 Å². The highest BCUT2D eigenvalue weighted by atomic mass is 32.2. The van der Waals surface area contributed by atoms with Gasteiger partial charge >= 0.3 is 0 Å². The zero-order valence-electron chi connectivity index (χ0n) is 13.8. The molecule has 2 atom stereocenters. The van der Waals surface area contributed by atoms with Gasteiger partial charge in [-0.05, 0) is 17.5 Å². The molecule has 6 heteroatoms. The van der Waals surface area contributed by atoms with Gasteiger partial charge in [-0.2, -0.15) is 4.72 Å². The van der Waals surface area contributed by atoms with Crippen LogP contribution in [0.4, 0.5) is 0 Å². The van der Waals surface area contributed by atoms with Crippen molar-refractivity contribution in [3.05, 3.63) is 54.6 Å². The number of hydrogen-bond acceptors (Lipinski definition) is 3. The van der Waals surface area contributed by atoms with Crippen LogP contribution >= 0.6 is 0 Å². The standard InChI is InChI=1S/C18H22N2O3S/c1-3-13(2)17(18(19)21)20-24(22,23)16-12-8-7-11-15(16)14-9-5-4-6-10-14/h4-13,17,20H,3H2,1-2H3,(H2,19,21). The van der Waals surface area contributed by atoms with Gasteiger partial charge in [-0.3, -0.25) is 4.79 Å². The first kappa shape index (κ1) is 18.2. The normalized spacial score (nSPS) is 14.1. The minimum absolute atomic E-state index is 0.130. The second-order valence-corrected chi connectivity index (χ2v) is 7.43. The molecular weight excluding hydrogens is 324 g/mol. The summed E-state index contributed by atoms with van der Waals surface area (Å²) in [7, 11) is -3.89. The van der Waals surface area contributed by atoms with Gasteiger partial charge in [0, 0.05) is 5.56 Å². The van der Waals surface area contributed by atoms with Gasteiger partial charge < -0.3 is 5.73 Å². The lowest BCUT2D eigenvalue weighted by atomic mass is 10.00. The van der Waals surface area contributed by atoms with E-state index in [9.17, 15) is 13.2 Å². The van der Waals surface area contributed by atoms with E-state index in [0.29, 0.717) is 12.0 Å². The number of nitrogens with two attached hydrogens (primary N) is 1. The molecule has 0 radical (unpaired) electrons. The average Bonchev–Trinajstić information content (AvgIpc) is 2.59. The zero-order chi connectivity index (χ0) is 17.7. The lowest BCUT2D eigenvalue weighted by Crippen LogP contribution is -2.48. The maximum Gasteiger partial charge on any atom is 0.241 e. The molecule has 0 fully saturated rings. The van der Waals surface area contributed by atoms with Crippen LogP contribution in [0.2, 0.25) is 0 Å². The van der Waals surface area contributed by atoms with Gasteiger partial charge in [0.2, 0.25) is 15.9 Å². The number of sulfonamides is 1. The lowest BCUT2D eigenvalue weighted by Gasteiger charge is -2.22. The van der Waals surface area contributed by atoms with Crippen molar-refractivity contribution in [1.29, 1.82) is 0 Å². The third kappa shape index (κ3) is 4.01. The molecule has 0 bridgehead atoms. The van der Waals surface area contributed by atoms with E-state index in [-0.39, 0.29) is 10.8 Å². The largest absolute Gasteiger partial charge is 0.368 e. The van der Waals surface area contributed by atoms with E-state index in [4.69, 9.17) is 5.73 Å². The van der Waals surface area contributed by atoms with E-state index >= 15 is 0 Å². The molecule has 0 spiro atoms. The highest BCUT2D eigenvalue weighted by Gasteiger charge is 2.29. The fraction of sp³-hybridized carbons (Fsp3) is 0.278. The molecule has 0 aromatic heterocycles. The number of rotatable bonds is 7. The number of primary amides is 1. The zero-order valence-corrected chi connectivity index (χ0v) is 14.6. The van der Waals surface area contributed by atoms with Crippen LogP contribution in [0.5, 0.6) is 0 Å². The Hall–Kier alpha value is -2.18. The van der Waals surface area contributed by atoms with E-state index in [1.54, 1.807) is 25.1 Å². The molecule has 0 saturated heterocycles. The van der Waals surface area contributed by atoms with Gasteiger partial charge in [0.1, 0.15) is 6.04 Å². The number of amides is 1. The summed E-state index contributed by atoms with van der Waals surface area (Å²) in [4.78, 5) is 11.8. The number of carbonyl (C=O) groups excluding carboxylic acids is 1. The molecule has 1 amide bonds. The summed E-state index contributed by atoms with van der Waals surface area (Å²) in [6.45, 7) is 3.67. The third-order valence-electron chi connectivity index (χ3n) is 4.06. The van der Waals surface area contributed by atoms with Crippen molar-refractivity contribution < 1.29 is 13.2 Å². The van der Waals surface area contributed by atoms with Crippen LogP contribution < -0.4 is 10.5 Å². The molecule has 2 unspecified atom stereocenters. The molecule has 2 aromatic rings. The summed E-state index contributed by atoms with van der Waals surface area (Å²) in [5.74, 6) is -0.869. The van der Waals surface area contributed by atoms with E-state index in [1.807, 2.05) is 37.3 Å². The minimum atomic E-state index is -3.89. The van der Waals surface area contributed by atoms with Crippen molar-refractivity contribution in [1.82, 2.24) is 4.72 Å². The quantitative estimate of drug-likeness (QED) is 0.807. The van der Waals surface area contributed by atoms with Crippen molar-refractivity contribution in [3.8, 4) is 11.1 Å². The number of hydrogen-bond donors (Lipinski definition) is 2. The monoisotopic (exact) mass is 346 g/mol. The molecule has 0 aliphatic heterocycles. The number of carbonyl (C=O) groups is 1. The Kier molecular flexibility index (Phi) is 5.75. The van der Waals surface area contributed by atoms with Crippen molar-refractivity contribution in [2.45, 2.75) is 31.2 Å². The summed E-state index contributed by atoms with van der Waals surface area (Å²) in [6.07, 6.45) is 0.635. The predicted octanol–water partition coefficient (Wildman–Crippen LogP) is 2.53. The molecule has 3 N–H and O–H groups in total. The number of benzene rings is 2. The van der Waals surface area contributed by atoms with Crippen LogP contribution in [0.3, 0.4) is 0 Å². The number of nitrogens with one attached hydrogen (secondary N) is 1. The maximum absolute atomic E-state index is 12.8. The third-order valence-corrected chi connectivity index (χ3v) is 5.56. The lowest BCUT2D eigenvalue weighted by molar-refractivity contribution is -0.120. The molecule has 0 heterocycles. The Morgan fingerprint density at radius 2 is 1.67 bits per heavy atom. The second kappa shape index (κ2) is 7.59. The van der Waals surface area contributed by atoms with E-state index in [1.165, 1.54) is 6.07 Å². The van der Waals surface area contributed by atoms with Gasteiger partial charge in [0.25, 0.3) is 0 Å². The molecule has 5 nitrogen and oxygen atoms in total. The molecule has 0 aliphatic carbocycles. The van der Waals surface area contributed by atoms with Crippen LogP contribution in [0.15, 0.2) is 59.5 Å². The molecule has 2 rings (SSSR count). The van der Waals surface area contributed by atoms with Crippen LogP contribution in [-0.2, 0) is 14.8 Å². The minimum Gasteiger partial charge on any atom is -0.368 e. The van der Waals surface area contributed by atoms with Gasteiger partial charge in [-0.25, -0.2) is 8.42 Å². The maximum atomic E-state index is 12.8. The Morgan fingerprint density at radius 3 is 2.25 bits per heavy atom. The Morgan fingerprint density at radius 1 is 1.08 bits per heavy atom. The van der Waals surface area contributed by atoms with Crippen LogP contribution in [0.1, 0.15) is 20.3 Å². The summed E-state index contributed by atoms with van der Waals surface area (Å²) in [5.41, 5.74) is 6.75. The van der Waals surface area contributed by atoms with Crippen LogP contribution in [-0.4, -0.2) is 20.4 Å². The van der Waals surface area contributed by atoms with E-state index in [0.717, 1.165) is 5.56 Å². The summed E-state index contributed by atoms with van der Waals surface area (Å²) in [6, 6.07) is 15.0. The van der Waals surface area contributed by atoms with E-state index < -0.39 is 22.0 Å². The smallest absolute Gasteiger partial charge is 0.241 e. The van der Waals surface area contributed by atoms with Gasteiger partial charge in [0.15, 0.2) is 0 Å². The SMILES string of the molecule is CCC(C)C(NS(=O)(=O)c1ccccc1-c1ccccc1)C(N)=O. The highest BCUT2D eigenvalue weighted by molar-refractivity contribution is 7.89. The first-order valence-corrected chi connectivity index (χ1v) is 9.31. The molecular formula is C18H22N2O3S. The van der Waals surface area contributed by atoms with Crippen molar-refractivity contribution in [3.63, 3.8) is 0 Å². The first-order valence-electron chi connectivity index (χ1n) is 7.83. The van der Waals surface area contributed by atoms with Crippen molar-refractivity contribution >= 4 is 15.9 Å². The molecule has 24 heavy (non-hydrogen) atoms. The van der Waals surface area contributed by atoms with Crippen LogP contribution in [0.25, 0.3) is 11.1 Å². The molecule has 128 valence electrons. The fourth-order valence-corrected chi connectivity index (χ4v) is 4.02. The molecule has 0 saturated carbocycles. The van der Waals surface area contributed by atoms with Crippen molar-refractivity contribution in [2.75, 3.05) is 0 Å². The highest BCUT2D eigenvalue weighted by Crippen LogP contribution is 2.27. The summed E-state index contributed by atoms with van der Waals surface area (Å²) >= 11 is 0. The van der Waals surface area contributed by atoms with Gasteiger partial charge in [-0.15, -0.1) is 0 Å². The first-order chi connectivity index (χ1) is 11.4. The summed E-state index contributed by atoms with van der Waals surface area (Å²) in [5, 5.41) is 0. The second-order valence-electron chi connectivity index (χ2n) is 5.75. The van der Waals surface area contributed by atoms with E-state index in [2.05, 4.69) is 4.72 Å². The summed E-state index contributed by atoms with van der Waals surface area (Å²) < 4.78 is 28.2. The predicted molar refractivity (Wildman–Crippen MR) is 94.6 cm³/mol. The fourth-order valence-electron chi connectivity index (χ4n) is 2.48. The Labute approximate surface area is 142 Å². The topological polar surface area (TPSA) is 89.3 Å². The van der Waals surface area contributed by atoms with Crippen molar-refractivity contribution in [2.24, 2.45) is 11.7 Å². The molecule has 2 aromatic carbocycles.